The van der Waals surface area contributed by atoms with Gasteiger partial charge in [0.05, 0.1) is 7.11 Å². The molecule has 0 aliphatic heterocycles. The van der Waals surface area contributed by atoms with Crippen molar-refractivity contribution < 1.29 is 28.2 Å². The lowest BCUT2D eigenvalue weighted by Crippen LogP contribution is -2.05. The van der Waals surface area contributed by atoms with Crippen molar-refractivity contribution in [1.82, 2.24) is 0 Å². The molecule has 0 saturated heterocycles. The van der Waals surface area contributed by atoms with Gasteiger partial charge in [0.25, 0.3) is 0 Å². The first-order chi connectivity index (χ1) is 10.0. The molecule has 4 nitrogen and oxygen atoms in total. The smallest absolute Gasteiger partial charge is 0.339 e. The van der Waals surface area contributed by atoms with Crippen LogP contribution in [0.15, 0.2) is 36.4 Å². The number of halogens is 2. The maximum atomic E-state index is 13.2. The van der Waals surface area contributed by atoms with Crippen LogP contribution in [0.1, 0.15) is 15.9 Å². The number of aromatic carboxylic acids is 1. The summed E-state index contributed by atoms with van der Waals surface area (Å²) in [5.41, 5.74) is 0.213. The van der Waals surface area contributed by atoms with Gasteiger partial charge in [-0.25, -0.2) is 13.6 Å². The molecule has 21 heavy (non-hydrogen) atoms. The minimum atomic E-state index is -1.24. The molecule has 0 fully saturated rings. The van der Waals surface area contributed by atoms with Gasteiger partial charge in [0.1, 0.15) is 35.3 Å². The topological polar surface area (TPSA) is 55.8 Å². The third kappa shape index (κ3) is 3.47. The van der Waals surface area contributed by atoms with Crippen LogP contribution in [0.2, 0.25) is 0 Å². The molecule has 0 unspecified atom stereocenters. The van der Waals surface area contributed by atoms with Crippen molar-refractivity contribution >= 4 is 5.97 Å². The molecule has 0 amide bonds. The molecule has 0 aliphatic carbocycles. The first-order valence-corrected chi connectivity index (χ1v) is 5.99. The van der Waals surface area contributed by atoms with Crippen molar-refractivity contribution in [3.05, 3.63) is 59.2 Å². The van der Waals surface area contributed by atoms with Crippen molar-refractivity contribution in [3.63, 3.8) is 0 Å². The fourth-order valence-electron chi connectivity index (χ4n) is 1.81. The molecule has 0 radical (unpaired) electrons. The Kier molecular flexibility index (Phi) is 4.37. The van der Waals surface area contributed by atoms with Crippen molar-refractivity contribution in [1.29, 1.82) is 0 Å². The standard InChI is InChI=1S/C15H12F2O4/c1-20-13-5-3-10(16)6-9(13)8-21-14-7-11(17)2-4-12(14)15(18)19/h2-7H,8H2,1H3,(H,18,19). The highest BCUT2D eigenvalue weighted by molar-refractivity contribution is 5.90. The Labute approximate surface area is 119 Å². The Bertz CT molecular complexity index is 671. The lowest BCUT2D eigenvalue weighted by molar-refractivity contribution is 0.0691. The van der Waals surface area contributed by atoms with E-state index in [1.807, 2.05) is 0 Å². The zero-order valence-corrected chi connectivity index (χ0v) is 11.1. The molecule has 1 N–H and O–H groups in total. The van der Waals surface area contributed by atoms with Gasteiger partial charge in [0.2, 0.25) is 0 Å². The first kappa shape index (κ1) is 14.8. The van der Waals surface area contributed by atoms with Crippen molar-refractivity contribution in [2.75, 3.05) is 7.11 Å². The number of rotatable bonds is 5. The predicted octanol–water partition coefficient (Wildman–Crippen LogP) is 3.25. The Hall–Kier alpha value is -2.63. The molecule has 2 aromatic rings. The quantitative estimate of drug-likeness (QED) is 0.919. The zero-order valence-electron chi connectivity index (χ0n) is 11.1. The van der Waals surface area contributed by atoms with Crippen LogP contribution in [0.3, 0.4) is 0 Å². The summed E-state index contributed by atoms with van der Waals surface area (Å²) in [4.78, 5) is 11.0. The summed E-state index contributed by atoms with van der Waals surface area (Å²) < 4.78 is 36.8. The van der Waals surface area contributed by atoms with Gasteiger partial charge in [-0.3, -0.25) is 0 Å². The van der Waals surface area contributed by atoms with E-state index in [0.29, 0.717) is 11.3 Å². The summed E-state index contributed by atoms with van der Waals surface area (Å²) in [5, 5.41) is 9.01. The van der Waals surface area contributed by atoms with E-state index in [1.165, 1.54) is 25.3 Å². The molecule has 2 aromatic carbocycles. The molecule has 2 rings (SSSR count). The molecule has 110 valence electrons. The first-order valence-electron chi connectivity index (χ1n) is 5.99. The number of methoxy groups -OCH3 is 1. The van der Waals surface area contributed by atoms with E-state index >= 15 is 0 Å². The normalized spacial score (nSPS) is 10.2. The van der Waals surface area contributed by atoms with Gasteiger partial charge >= 0.3 is 5.97 Å². The van der Waals surface area contributed by atoms with Crippen LogP contribution in [0.5, 0.6) is 11.5 Å². The Morgan fingerprint density at radius 1 is 1.10 bits per heavy atom. The van der Waals surface area contributed by atoms with Crippen molar-refractivity contribution in [2.45, 2.75) is 6.61 Å². The van der Waals surface area contributed by atoms with Gasteiger partial charge < -0.3 is 14.6 Å². The second-order valence-electron chi connectivity index (χ2n) is 4.19. The summed E-state index contributed by atoms with van der Waals surface area (Å²) in [6.07, 6.45) is 0. The number of carboxylic acids is 1. The molecular formula is C15H12F2O4. The van der Waals surface area contributed by atoms with Crippen LogP contribution in [0, 0.1) is 11.6 Å². The molecular weight excluding hydrogens is 282 g/mol. The Balaban J connectivity index is 2.26. The van der Waals surface area contributed by atoms with E-state index in [9.17, 15) is 13.6 Å². The molecule has 0 aliphatic rings. The number of hydrogen-bond acceptors (Lipinski definition) is 3. The van der Waals surface area contributed by atoms with E-state index in [0.717, 1.165) is 18.2 Å². The third-order valence-electron chi connectivity index (χ3n) is 2.80. The van der Waals surface area contributed by atoms with Gasteiger partial charge in [-0.2, -0.15) is 0 Å². The van der Waals surface area contributed by atoms with Gasteiger partial charge in [0.15, 0.2) is 0 Å². The molecule has 0 heterocycles. The summed E-state index contributed by atoms with van der Waals surface area (Å²) in [6.45, 7) is -0.148. The molecule has 6 heteroatoms. The van der Waals surface area contributed by atoms with E-state index in [-0.39, 0.29) is 17.9 Å². The highest BCUT2D eigenvalue weighted by atomic mass is 19.1. The van der Waals surface area contributed by atoms with E-state index < -0.39 is 17.6 Å². The summed E-state index contributed by atoms with van der Waals surface area (Å²) in [5.74, 6) is -2.08. The van der Waals surface area contributed by atoms with Crippen LogP contribution < -0.4 is 9.47 Å². The van der Waals surface area contributed by atoms with Crippen molar-refractivity contribution in [2.24, 2.45) is 0 Å². The largest absolute Gasteiger partial charge is 0.496 e. The van der Waals surface area contributed by atoms with Crippen LogP contribution in [0.4, 0.5) is 8.78 Å². The highest BCUT2D eigenvalue weighted by Crippen LogP contribution is 2.24. The van der Waals surface area contributed by atoms with Crippen LogP contribution >= 0.6 is 0 Å². The molecule has 0 atom stereocenters. The van der Waals surface area contributed by atoms with E-state index in [2.05, 4.69) is 0 Å². The second-order valence-corrected chi connectivity index (χ2v) is 4.19. The van der Waals surface area contributed by atoms with E-state index in [1.54, 1.807) is 0 Å². The molecule has 0 bridgehead atoms. The fourth-order valence-corrected chi connectivity index (χ4v) is 1.81. The molecule has 0 spiro atoms. The lowest BCUT2D eigenvalue weighted by Gasteiger charge is -2.12. The van der Waals surface area contributed by atoms with Gasteiger partial charge in [-0.1, -0.05) is 0 Å². The lowest BCUT2D eigenvalue weighted by atomic mass is 10.2. The zero-order chi connectivity index (χ0) is 15.4. The molecule has 0 saturated carbocycles. The number of carboxylic acid groups (broad SMARTS) is 1. The average Bonchev–Trinajstić information content (AvgIpc) is 2.45. The second kappa shape index (κ2) is 6.21. The summed E-state index contributed by atoms with van der Waals surface area (Å²) in [6, 6.07) is 6.97. The molecule has 0 aromatic heterocycles. The number of benzene rings is 2. The van der Waals surface area contributed by atoms with E-state index in [4.69, 9.17) is 14.6 Å². The summed E-state index contributed by atoms with van der Waals surface area (Å²) >= 11 is 0. The average molecular weight is 294 g/mol. The predicted molar refractivity (Wildman–Crippen MR) is 70.6 cm³/mol. The summed E-state index contributed by atoms with van der Waals surface area (Å²) in [7, 11) is 1.42. The minimum absolute atomic E-state index is 0.131. The number of carbonyl (C=O) groups is 1. The van der Waals surface area contributed by atoms with Crippen LogP contribution in [-0.2, 0) is 6.61 Å². The monoisotopic (exact) mass is 294 g/mol. The Morgan fingerprint density at radius 2 is 1.76 bits per heavy atom. The maximum absolute atomic E-state index is 13.2. The maximum Gasteiger partial charge on any atom is 0.339 e. The minimum Gasteiger partial charge on any atom is -0.496 e. The van der Waals surface area contributed by atoms with Crippen LogP contribution in [-0.4, -0.2) is 18.2 Å². The van der Waals surface area contributed by atoms with Gasteiger partial charge in [0, 0.05) is 11.6 Å². The number of hydrogen-bond donors (Lipinski definition) is 1. The fraction of sp³-hybridized carbons (Fsp3) is 0.133. The van der Waals surface area contributed by atoms with Gasteiger partial charge in [-0.05, 0) is 30.3 Å². The van der Waals surface area contributed by atoms with Gasteiger partial charge in [-0.15, -0.1) is 0 Å². The number of ether oxygens (including phenoxy) is 2. The SMILES string of the molecule is COc1ccc(F)cc1COc1cc(F)ccc1C(=O)O. The Morgan fingerprint density at radius 3 is 2.43 bits per heavy atom. The highest BCUT2D eigenvalue weighted by Gasteiger charge is 2.13. The van der Waals surface area contributed by atoms with Crippen LogP contribution in [0.25, 0.3) is 0 Å². The third-order valence-corrected chi connectivity index (χ3v) is 2.80. The van der Waals surface area contributed by atoms with Crippen molar-refractivity contribution in [3.8, 4) is 11.5 Å².